The highest BCUT2D eigenvalue weighted by molar-refractivity contribution is 5.99. The van der Waals surface area contributed by atoms with Crippen LogP contribution in [0.25, 0.3) is 6.08 Å². The number of rotatable bonds is 7. The van der Waals surface area contributed by atoms with E-state index in [0.717, 1.165) is 5.56 Å². The third-order valence-electron chi connectivity index (χ3n) is 3.68. The van der Waals surface area contributed by atoms with Gasteiger partial charge in [-0.05, 0) is 30.2 Å². The quantitative estimate of drug-likeness (QED) is 0.746. The van der Waals surface area contributed by atoms with Crippen molar-refractivity contribution in [3.63, 3.8) is 0 Å². The number of carbonyl (C=O) groups is 3. The molecule has 0 spiro atoms. The first-order valence-corrected chi connectivity index (χ1v) is 8.01. The molecule has 2 aromatic rings. The lowest BCUT2D eigenvalue weighted by Gasteiger charge is -2.14. The Labute approximate surface area is 151 Å². The fourth-order valence-corrected chi connectivity index (χ4v) is 2.30. The first-order chi connectivity index (χ1) is 12.5. The second kappa shape index (κ2) is 9.17. The van der Waals surface area contributed by atoms with Crippen LogP contribution in [0, 0.1) is 0 Å². The van der Waals surface area contributed by atoms with Crippen molar-refractivity contribution in [1.29, 1.82) is 0 Å². The van der Waals surface area contributed by atoms with Crippen LogP contribution in [-0.2, 0) is 9.53 Å². The minimum absolute atomic E-state index is 0.242. The van der Waals surface area contributed by atoms with Crippen LogP contribution in [-0.4, -0.2) is 30.9 Å². The van der Waals surface area contributed by atoms with Gasteiger partial charge in [0.15, 0.2) is 0 Å². The molecule has 0 aromatic heterocycles. The summed E-state index contributed by atoms with van der Waals surface area (Å²) in [6, 6.07) is 14.8. The standard InChI is InChI=1S/C20H20N2O4/c1-26-20(25)16-11-6-10-15(13-16)19(24)22-17(18(21)23)12-5-9-14-7-3-2-4-8-14/h2-11,13,17H,12H2,1H3,(H2,21,23)(H,22,24)/b9-5+/t17-/m1/s1. The molecule has 0 fully saturated rings. The van der Waals surface area contributed by atoms with Crippen LogP contribution in [0.4, 0.5) is 0 Å². The topological polar surface area (TPSA) is 98.5 Å². The number of esters is 1. The van der Waals surface area contributed by atoms with Gasteiger partial charge >= 0.3 is 5.97 Å². The van der Waals surface area contributed by atoms with E-state index in [-0.39, 0.29) is 17.5 Å². The molecule has 0 saturated heterocycles. The summed E-state index contributed by atoms with van der Waals surface area (Å²) >= 11 is 0. The van der Waals surface area contributed by atoms with Crippen molar-refractivity contribution in [3.8, 4) is 0 Å². The van der Waals surface area contributed by atoms with E-state index in [4.69, 9.17) is 5.73 Å². The number of hydrogen-bond acceptors (Lipinski definition) is 4. The Morgan fingerprint density at radius 2 is 1.77 bits per heavy atom. The largest absolute Gasteiger partial charge is 0.465 e. The molecule has 0 aliphatic rings. The minimum Gasteiger partial charge on any atom is -0.465 e. The highest BCUT2D eigenvalue weighted by atomic mass is 16.5. The van der Waals surface area contributed by atoms with E-state index in [1.807, 2.05) is 36.4 Å². The molecule has 3 N–H and O–H groups in total. The van der Waals surface area contributed by atoms with Crippen LogP contribution >= 0.6 is 0 Å². The van der Waals surface area contributed by atoms with Gasteiger partial charge in [0.05, 0.1) is 12.7 Å². The maximum Gasteiger partial charge on any atom is 0.337 e. The zero-order valence-corrected chi connectivity index (χ0v) is 14.3. The minimum atomic E-state index is -0.857. The molecule has 0 aliphatic heterocycles. The zero-order valence-electron chi connectivity index (χ0n) is 14.3. The average molecular weight is 352 g/mol. The van der Waals surface area contributed by atoms with Gasteiger partial charge in [0.1, 0.15) is 6.04 Å². The monoisotopic (exact) mass is 352 g/mol. The molecule has 2 rings (SSSR count). The number of primary amides is 1. The molecule has 0 heterocycles. The molecule has 134 valence electrons. The van der Waals surface area contributed by atoms with Gasteiger partial charge in [0, 0.05) is 5.56 Å². The number of carbonyl (C=O) groups excluding carboxylic acids is 3. The van der Waals surface area contributed by atoms with E-state index in [0.29, 0.717) is 0 Å². The first-order valence-electron chi connectivity index (χ1n) is 8.01. The highest BCUT2D eigenvalue weighted by Gasteiger charge is 2.18. The van der Waals surface area contributed by atoms with E-state index < -0.39 is 23.8 Å². The van der Waals surface area contributed by atoms with E-state index in [1.165, 1.54) is 19.2 Å². The van der Waals surface area contributed by atoms with E-state index in [2.05, 4.69) is 10.1 Å². The molecule has 0 aliphatic carbocycles. The fourth-order valence-electron chi connectivity index (χ4n) is 2.30. The maximum absolute atomic E-state index is 12.4. The molecule has 6 heteroatoms. The Morgan fingerprint density at radius 1 is 1.08 bits per heavy atom. The number of nitrogens with one attached hydrogen (secondary N) is 1. The molecule has 0 unspecified atom stereocenters. The van der Waals surface area contributed by atoms with Crippen molar-refractivity contribution in [2.45, 2.75) is 12.5 Å². The second-order valence-corrected chi connectivity index (χ2v) is 5.55. The number of nitrogens with two attached hydrogens (primary N) is 1. The van der Waals surface area contributed by atoms with Crippen LogP contribution in [0.2, 0.25) is 0 Å². The predicted molar refractivity (Wildman–Crippen MR) is 98.3 cm³/mol. The Hall–Kier alpha value is -3.41. The van der Waals surface area contributed by atoms with E-state index in [1.54, 1.807) is 18.2 Å². The lowest BCUT2D eigenvalue weighted by atomic mass is 10.1. The van der Waals surface area contributed by atoms with Crippen molar-refractivity contribution >= 4 is 23.9 Å². The van der Waals surface area contributed by atoms with Crippen LogP contribution in [0.3, 0.4) is 0 Å². The Bertz CT molecular complexity index is 816. The molecular formula is C20H20N2O4. The van der Waals surface area contributed by atoms with Gasteiger partial charge in [0.25, 0.3) is 5.91 Å². The number of methoxy groups -OCH3 is 1. The van der Waals surface area contributed by atoms with Gasteiger partial charge in [0.2, 0.25) is 5.91 Å². The van der Waals surface area contributed by atoms with Crippen molar-refractivity contribution in [2.75, 3.05) is 7.11 Å². The summed E-state index contributed by atoms with van der Waals surface area (Å²) in [5.41, 5.74) is 6.85. The van der Waals surface area contributed by atoms with Crippen LogP contribution in [0.15, 0.2) is 60.7 Å². The lowest BCUT2D eigenvalue weighted by Crippen LogP contribution is -2.44. The molecule has 0 radical (unpaired) electrons. The van der Waals surface area contributed by atoms with E-state index >= 15 is 0 Å². The summed E-state index contributed by atoms with van der Waals surface area (Å²) < 4.78 is 4.63. The normalized spacial score (nSPS) is 11.7. The zero-order chi connectivity index (χ0) is 18.9. The molecule has 2 aromatic carbocycles. The molecular weight excluding hydrogens is 332 g/mol. The van der Waals surface area contributed by atoms with Gasteiger partial charge in [-0.25, -0.2) is 4.79 Å². The van der Waals surface area contributed by atoms with Gasteiger partial charge in [-0.15, -0.1) is 0 Å². The summed E-state index contributed by atoms with van der Waals surface area (Å²) in [5, 5.41) is 2.59. The highest BCUT2D eigenvalue weighted by Crippen LogP contribution is 2.08. The summed E-state index contributed by atoms with van der Waals surface area (Å²) in [6.45, 7) is 0. The van der Waals surface area contributed by atoms with E-state index in [9.17, 15) is 14.4 Å². The molecule has 6 nitrogen and oxygen atoms in total. The van der Waals surface area contributed by atoms with Crippen molar-refractivity contribution in [3.05, 3.63) is 77.4 Å². The van der Waals surface area contributed by atoms with Gasteiger partial charge < -0.3 is 15.8 Å². The smallest absolute Gasteiger partial charge is 0.337 e. The summed E-state index contributed by atoms with van der Waals surface area (Å²) in [5.74, 6) is -1.68. The maximum atomic E-state index is 12.4. The summed E-state index contributed by atoms with van der Waals surface area (Å²) in [7, 11) is 1.26. The summed E-state index contributed by atoms with van der Waals surface area (Å²) in [6.07, 6.45) is 3.88. The summed E-state index contributed by atoms with van der Waals surface area (Å²) in [4.78, 5) is 35.5. The molecule has 0 saturated carbocycles. The fraction of sp³-hybridized carbons (Fsp3) is 0.150. The van der Waals surface area contributed by atoms with Crippen LogP contribution < -0.4 is 11.1 Å². The molecule has 26 heavy (non-hydrogen) atoms. The molecule has 2 amide bonds. The van der Waals surface area contributed by atoms with Gasteiger partial charge in [-0.3, -0.25) is 9.59 Å². The number of benzene rings is 2. The SMILES string of the molecule is COC(=O)c1cccc(C(=O)N[C@H](C/C=C/c2ccccc2)C(N)=O)c1. The van der Waals surface area contributed by atoms with Gasteiger partial charge in [-0.2, -0.15) is 0 Å². The predicted octanol–water partition coefficient (Wildman–Crippen LogP) is 2.16. The van der Waals surface area contributed by atoms with Crippen molar-refractivity contribution in [1.82, 2.24) is 5.32 Å². The average Bonchev–Trinajstić information content (AvgIpc) is 2.67. The Balaban J connectivity index is 2.05. The molecule has 1 atom stereocenters. The lowest BCUT2D eigenvalue weighted by molar-refractivity contribution is -0.119. The van der Waals surface area contributed by atoms with Crippen molar-refractivity contribution < 1.29 is 19.1 Å². The van der Waals surface area contributed by atoms with Crippen molar-refractivity contribution in [2.24, 2.45) is 5.73 Å². The van der Waals surface area contributed by atoms with Crippen LogP contribution in [0.1, 0.15) is 32.7 Å². The van der Waals surface area contributed by atoms with Gasteiger partial charge in [-0.1, -0.05) is 48.6 Å². The Morgan fingerprint density at radius 3 is 2.42 bits per heavy atom. The third-order valence-corrected chi connectivity index (χ3v) is 3.68. The third kappa shape index (κ3) is 5.31. The Kier molecular flexibility index (Phi) is 6.68. The number of ether oxygens (including phenoxy) is 1. The first kappa shape index (κ1) is 18.9. The second-order valence-electron chi connectivity index (χ2n) is 5.55. The van der Waals surface area contributed by atoms with Crippen LogP contribution in [0.5, 0.6) is 0 Å². The molecule has 0 bridgehead atoms. The number of amides is 2. The number of hydrogen-bond donors (Lipinski definition) is 2.